The van der Waals surface area contributed by atoms with E-state index >= 15 is 0 Å². The van der Waals surface area contributed by atoms with Crippen molar-refractivity contribution in [1.82, 2.24) is 15.3 Å². The number of benzene rings is 1. The van der Waals surface area contributed by atoms with Gasteiger partial charge in [0.15, 0.2) is 0 Å². The van der Waals surface area contributed by atoms with E-state index in [0.717, 1.165) is 17.8 Å². The van der Waals surface area contributed by atoms with Gasteiger partial charge in [0, 0.05) is 40.0 Å². The third-order valence-corrected chi connectivity index (χ3v) is 3.41. The van der Waals surface area contributed by atoms with Crippen molar-refractivity contribution in [3.63, 3.8) is 0 Å². The maximum atomic E-state index is 10.1. The quantitative estimate of drug-likeness (QED) is 0.508. The minimum atomic E-state index is -0.990. The Kier molecular flexibility index (Phi) is 9.42. The fraction of sp³-hybridized carbons (Fsp3) is 0.150. The topological polar surface area (TPSA) is 75.1 Å². The van der Waals surface area contributed by atoms with E-state index in [-0.39, 0.29) is 26.8 Å². The molecule has 0 atom stereocenters. The number of hydrogen-bond donors (Lipinski definition) is 2. The van der Waals surface area contributed by atoms with Gasteiger partial charge < -0.3 is 15.4 Å². The Morgan fingerprint density at radius 3 is 2.54 bits per heavy atom. The maximum Gasteiger partial charge on any atom is 0.354 e. The molecule has 0 bridgehead atoms. The molecule has 0 aliphatic rings. The van der Waals surface area contributed by atoms with Crippen LogP contribution in [0.4, 0.5) is 0 Å². The molecule has 0 spiro atoms. The molecule has 2 aromatic heterocycles. The Labute approximate surface area is 167 Å². The summed E-state index contributed by atoms with van der Waals surface area (Å²) in [5.74, 6) is -0.990. The monoisotopic (exact) mass is 529 g/mol. The van der Waals surface area contributed by atoms with Crippen molar-refractivity contribution in [1.29, 1.82) is 0 Å². The van der Waals surface area contributed by atoms with E-state index in [9.17, 15) is 4.79 Å². The molecule has 5 nitrogen and oxygen atoms in total. The van der Waals surface area contributed by atoms with Crippen LogP contribution in [-0.4, -0.2) is 28.1 Å². The molecule has 6 heteroatoms. The SMILES string of the molecule is CNCc1ccnc(-c2[c-]cccc2C)c1.O=C(O)c1ccccn1.[Pt]. The molecule has 1 aromatic carbocycles. The summed E-state index contributed by atoms with van der Waals surface area (Å²) in [6.07, 6.45) is 3.30. The van der Waals surface area contributed by atoms with Gasteiger partial charge >= 0.3 is 5.97 Å². The van der Waals surface area contributed by atoms with Crippen molar-refractivity contribution < 1.29 is 31.0 Å². The van der Waals surface area contributed by atoms with Crippen molar-refractivity contribution >= 4 is 5.97 Å². The molecular formula is C20H20N3O2Pt-. The molecule has 0 amide bonds. The summed E-state index contributed by atoms with van der Waals surface area (Å²) in [6, 6.07) is 18.1. The number of hydrogen-bond acceptors (Lipinski definition) is 4. The fourth-order valence-corrected chi connectivity index (χ4v) is 2.21. The van der Waals surface area contributed by atoms with E-state index in [4.69, 9.17) is 5.11 Å². The van der Waals surface area contributed by atoms with Crippen LogP contribution in [0.1, 0.15) is 21.6 Å². The Morgan fingerprint density at radius 1 is 1.15 bits per heavy atom. The number of nitrogens with zero attached hydrogens (tertiary/aromatic N) is 2. The van der Waals surface area contributed by atoms with Crippen LogP contribution in [-0.2, 0) is 27.6 Å². The second-order valence-electron chi connectivity index (χ2n) is 5.33. The van der Waals surface area contributed by atoms with Crippen LogP contribution in [0.3, 0.4) is 0 Å². The third kappa shape index (κ3) is 6.51. The molecule has 0 unspecified atom stereocenters. The molecule has 0 radical (unpaired) electrons. The number of nitrogens with one attached hydrogen (secondary N) is 1. The number of aryl methyl sites for hydroxylation is 1. The molecular weight excluding hydrogens is 509 g/mol. The molecule has 0 saturated heterocycles. The first-order chi connectivity index (χ1) is 12.1. The predicted octanol–water partition coefficient (Wildman–Crippen LogP) is 3.35. The molecule has 0 saturated carbocycles. The van der Waals surface area contributed by atoms with Crippen molar-refractivity contribution in [3.8, 4) is 11.3 Å². The van der Waals surface area contributed by atoms with Gasteiger partial charge in [-0.25, -0.2) is 9.78 Å². The first kappa shape index (κ1) is 21.7. The van der Waals surface area contributed by atoms with Gasteiger partial charge in [0.2, 0.25) is 0 Å². The van der Waals surface area contributed by atoms with Crippen LogP contribution >= 0.6 is 0 Å². The van der Waals surface area contributed by atoms with Gasteiger partial charge in [-0.2, -0.15) is 0 Å². The van der Waals surface area contributed by atoms with Crippen LogP contribution in [0.15, 0.2) is 60.9 Å². The van der Waals surface area contributed by atoms with Crippen molar-refractivity contribution in [2.45, 2.75) is 13.5 Å². The molecule has 0 aliphatic carbocycles. The van der Waals surface area contributed by atoms with Crippen LogP contribution < -0.4 is 5.32 Å². The van der Waals surface area contributed by atoms with E-state index in [0.29, 0.717) is 0 Å². The molecule has 3 aromatic rings. The first-order valence-electron chi connectivity index (χ1n) is 7.83. The van der Waals surface area contributed by atoms with Gasteiger partial charge in [0.05, 0.1) is 0 Å². The number of carboxylic acids is 1. The number of carboxylic acid groups (broad SMARTS) is 1. The van der Waals surface area contributed by atoms with Crippen molar-refractivity contribution in [2.75, 3.05) is 7.05 Å². The predicted molar refractivity (Wildman–Crippen MR) is 97.2 cm³/mol. The molecule has 3 rings (SSSR count). The molecule has 138 valence electrons. The molecule has 2 heterocycles. The zero-order valence-corrected chi connectivity index (χ0v) is 16.8. The average Bonchev–Trinajstić information content (AvgIpc) is 2.64. The number of pyridine rings is 2. The standard InChI is InChI=1S/C14H15N2.C6H5NO2.Pt/c1-11-5-3-4-6-13(11)14-9-12(10-15-2)7-8-16-14;8-6(9)5-3-1-2-4-7-5;/h3-5,7-9,15H,10H2,1-2H3;1-4H,(H,8,9);/q-1;;. The number of rotatable bonds is 4. The molecule has 2 N–H and O–H groups in total. The van der Waals surface area contributed by atoms with E-state index in [2.05, 4.69) is 40.4 Å². The fourth-order valence-electron chi connectivity index (χ4n) is 2.21. The smallest absolute Gasteiger partial charge is 0.354 e. The average molecular weight is 529 g/mol. The van der Waals surface area contributed by atoms with Gasteiger partial charge in [-0.05, 0) is 36.5 Å². The van der Waals surface area contributed by atoms with E-state index in [1.54, 1.807) is 12.1 Å². The van der Waals surface area contributed by atoms with Gasteiger partial charge in [-0.1, -0.05) is 19.1 Å². The Balaban J connectivity index is 0.000000290. The maximum absolute atomic E-state index is 10.1. The van der Waals surface area contributed by atoms with Crippen molar-refractivity contribution in [2.24, 2.45) is 0 Å². The summed E-state index contributed by atoms with van der Waals surface area (Å²) >= 11 is 0. The second-order valence-corrected chi connectivity index (χ2v) is 5.33. The molecule has 0 fully saturated rings. The third-order valence-electron chi connectivity index (χ3n) is 3.41. The minimum Gasteiger partial charge on any atom is -0.477 e. The van der Waals surface area contributed by atoms with Gasteiger partial charge in [-0.15, -0.1) is 35.4 Å². The zero-order chi connectivity index (χ0) is 18.1. The summed E-state index contributed by atoms with van der Waals surface area (Å²) in [6.45, 7) is 2.94. The van der Waals surface area contributed by atoms with E-state index in [1.165, 1.54) is 23.4 Å². The summed E-state index contributed by atoms with van der Waals surface area (Å²) < 4.78 is 0. The largest absolute Gasteiger partial charge is 0.477 e. The van der Waals surface area contributed by atoms with Gasteiger partial charge in [0.25, 0.3) is 0 Å². The summed E-state index contributed by atoms with van der Waals surface area (Å²) in [4.78, 5) is 18.1. The van der Waals surface area contributed by atoms with E-state index < -0.39 is 5.97 Å². The normalized spacial score (nSPS) is 9.46. The van der Waals surface area contributed by atoms with Crippen LogP contribution in [0, 0.1) is 13.0 Å². The van der Waals surface area contributed by atoms with Crippen LogP contribution in [0.25, 0.3) is 11.3 Å². The summed E-state index contributed by atoms with van der Waals surface area (Å²) in [7, 11) is 1.94. The number of carbonyl (C=O) groups is 1. The van der Waals surface area contributed by atoms with Crippen LogP contribution in [0.5, 0.6) is 0 Å². The van der Waals surface area contributed by atoms with Gasteiger partial charge in [-0.3, -0.25) is 0 Å². The number of aromatic carboxylic acids is 1. The Hall–Kier alpha value is -2.36. The molecule has 26 heavy (non-hydrogen) atoms. The zero-order valence-electron chi connectivity index (χ0n) is 14.5. The summed E-state index contributed by atoms with van der Waals surface area (Å²) in [5, 5.41) is 11.5. The summed E-state index contributed by atoms with van der Waals surface area (Å²) in [5.41, 5.74) is 4.60. The van der Waals surface area contributed by atoms with E-state index in [1.807, 2.05) is 31.4 Å². The first-order valence-corrected chi connectivity index (χ1v) is 7.83. The minimum absolute atomic E-state index is 0. The molecule has 0 aliphatic heterocycles. The van der Waals surface area contributed by atoms with Crippen molar-refractivity contribution in [3.05, 3.63) is 83.8 Å². The van der Waals surface area contributed by atoms with Crippen LogP contribution in [0.2, 0.25) is 0 Å². The number of aromatic nitrogens is 2. The van der Waals surface area contributed by atoms with Gasteiger partial charge in [0.1, 0.15) is 5.69 Å². The Morgan fingerprint density at radius 2 is 1.96 bits per heavy atom. The second kappa shape index (κ2) is 11.3. The Bertz CT molecular complexity index is 826.